The second kappa shape index (κ2) is 9.44. The van der Waals surface area contributed by atoms with Crippen LogP contribution in [0, 0.1) is 0 Å². The minimum absolute atomic E-state index is 0.0348. The van der Waals surface area contributed by atoms with E-state index in [1.54, 1.807) is 12.1 Å². The van der Waals surface area contributed by atoms with Gasteiger partial charge < -0.3 is 5.32 Å². The van der Waals surface area contributed by atoms with Crippen molar-refractivity contribution in [1.82, 2.24) is 5.32 Å². The van der Waals surface area contributed by atoms with Gasteiger partial charge in [0.2, 0.25) is 5.91 Å². The summed E-state index contributed by atoms with van der Waals surface area (Å²) in [6, 6.07) is 14.8. The molecule has 0 saturated carbocycles. The molecule has 0 aromatic heterocycles. The molecule has 1 aliphatic rings. The Morgan fingerprint density at radius 2 is 1.86 bits per heavy atom. The zero-order valence-corrected chi connectivity index (χ0v) is 18.0. The Bertz CT molecular complexity index is 939. The number of amides is 1. The average molecular weight is 415 g/mol. The van der Waals surface area contributed by atoms with Crippen molar-refractivity contribution < 1.29 is 13.2 Å². The van der Waals surface area contributed by atoms with Crippen molar-refractivity contribution in [2.75, 3.05) is 10.8 Å². The van der Waals surface area contributed by atoms with Gasteiger partial charge in [-0.05, 0) is 61.9 Å². The van der Waals surface area contributed by atoms with E-state index < -0.39 is 10.0 Å². The molecular weight excluding hydrogens is 384 g/mol. The number of nitrogens with zero attached hydrogens (tertiary/aromatic N) is 1. The summed E-state index contributed by atoms with van der Waals surface area (Å²) >= 11 is 0. The first kappa shape index (κ1) is 21.4. The molecule has 0 aliphatic carbocycles. The van der Waals surface area contributed by atoms with Gasteiger partial charge in [-0.25, -0.2) is 8.42 Å². The van der Waals surface area contributed by atoms with Gasteiger partial charge in [-0.2, -0.15) is 0 Å². The minimum Gasteiger partial charge on any atom is -0.354 e. The zero-order valence-electron chi connectivity index (χ0n) is 17.2. The quantitative estimate of drug-likeness (QED) is 0.708. The number of aryl methyl sites for hydroxylation is 2. The third-order valence-electron chi connectivity index (χ3n) is 5.35. The molecule has 1 heterocycles. The predicted octanol–water partition coefficient (Wildman–Crippen LogP) is 4.07. The van der Waals surface area contributed by atoms with Crippen LogP contribution < -0.4 is 9.62 Å². The number of sulfonamides is 1. The summed E-state index contributed by atoms with van der Waals surface area (Å²) in [5, 5.41) is 3.00. The zero-order chi connectivity index (χ0) is 20.9. The number of fused-ring (bicyclic) bond motifs is 1. The summed E-state index contributed by atoms with van der Waals surface area (Å²) in [6.07, 6.45) is 4.73. The van der Waals surface area contributed by atoms with Crippen LogP contribution in [0.15, 0.2) is 53.4 Å². The highest BCUT2D eigenvalue weighted by molar-refractivity contribution is 7.92. The van der Waals surface area contributed by atoms with Crippen molar-refractivity contribution in [3.05, 3.63) is 59.7 Å². The lowest BCUT2D eigenvalue weighted by molar-refractivity contribution is -0.121. The minimum atomic E-state index is -3.59. The molecule has 1 N–H and O–H groups in total. The molecule has 3 rings (SSSR count). The molecule has 0 unspecified atom stereocenters. The molecule has 2 aromatic carbocycles. The Balaban J connectivity index is 1.66. The van der Waals surface area contributed by atoms with Gasteiger partial charge in [-0.3, -0.25) is 9.10 Å². The van der Waals surface area contributed by atoms with Gasteiger partial charge in [0.05, 0.1) is 10.6 Å². The number of anilines is 1. The second-order valence-electron chi connectivity index (χ2n) is 7.71. The Kier molecular flexibility index (Phi) is 6.96. The van der Waals surface area contributed by atoms with Crippen molar-refractivity contribution in [1.29, 1.82) is 0 Å². The Labute approximate surface area is 174 Å². The van der Waals surface area contributed by atoms with Crippen LogP contribution in [0.1, 0.15) is 50.7 Å². The lowest BCUT2D eigenvalue weighted by Gasteiger charge is -2.30. The molecule has 0 radical (unpaired) electrons. The molecule has 5 nitrogen and oxygen atoms in total. The molecule has 1 amide bonds. The highest BCUT2D eigenvalue weighted by Crippen LogP contribution is 2.31. The fourth-order valence-electron chi connectivity index (χ4n) is 3.81. The van der Waals surface area contributed by atoms with E-state index in [2.05, 4.69) is 12.2 Å². The van der Waals surface area contributed by atoms with Crippen molar-refractivity contribution in [3.63, 3.8) is 0 Å². The monoisotopic (exact) mass is 414 g/mol. The maximum atomic E-state index is 13.2. The lowest BCUT2D eigenvalue weighted by atomic mass is 10.0. The van der Waals surface area contributed by atoms with E-state index in [4.69, 9.17) is 0 Å². The van der Waals surface area contributed by atoms with Crippen molar-refractivity contribution >= 4 is 21.6 Å². The van der Waals surface area contributed by atoms with Gasteiger partial charge in [0.25, 0.3) is 10.0 Å². The lowest BCUT2D eigenvalue weighted by Crippen LogP contribution is -2.35. The first-order valence-corrected chi connectivity index (χ1v) is 11.8. The molecule has 1 atom stereocenters. The van der Waals surface area contributed by atoms with Gasteiger partial charge in [-0.15, -0.1) is 0 Å². The van der Waals surface area contributed by atoms with Crippen LogP contribution >= 0.6 is 0 Å². The van der Waals surface area contributed by atoms with E-state index in [0.717, 1.165) is 42.5 Å². The summed E-state index contributed by atoms with van der Waals surface area (Å²) in [6.45, 7) is 4.61. The maximum Gasteiger partial charge on any atom is 0.264 e. The number of nitrogens with one attached hydrogen (secondary N) is 1. The van der Waals surface area contributed by atoms with Gasteiger partial charge >= 0.3 is 0 Å². The fourth-order valence-corrected chi connectivity index (χ4v) is 5.36. The molecule has 1 aliphatic heterocycles. The van der Waals surface area contributed by atoms with Crippen LogP contribution in [0.3, 0.4) is 0 Å². The summed E-state index contributed by atoms with van der Waals surface area (Å²) < 4.78 is 27.9. The Hall–Kier alpha value is -2.34. The van der Waals surface area contributed by atoms with E-state index >= 15 is 0 Å². The molecule has 156 valence electrons. The Morgan fingerprint density at radius 3 is 2.59 bits per heavy atom. The summed E-state index contributed by atoms with van der Waals surface area (Å²) in [7, 11) is -3.59. The van der Waals surface area contributed by atoms with Crippen LogP contribution in [0.25, 0.3) is 0 Å². The molecule has 6 heteroatoms. The van der Waals surface area contributed by atoms with Crippen LogP contribution in [-0.4, -0.2) is 26.9 Å². The molecule has 0 saturated heterocycles. The highest BCUT2D eigenvalue weighted by Gasteiger charge is 2.28. The van der Waals surface area contributed by atoms with Gasteiger partial charge in [0.15, 0.2) is 0 Å². The molecular formula is C23H30N2O3S. The number of para-hydroxylation sites is 1. The third-order valence-corrected chi connectivity index (χ3v) is 7.18. The number of benzene rings is 2. The largest absolute Gasteiger partial charge is 0.354 e. The van der Waals surface area contributed by atoms with E-state index in [1.807, 2.05) is 43.3 Å². The summed E-state index contributed by atoms with van der Waals surface area (Å²) in [4.78, 5) is 12.3. The molecule has 2 aromatic rings. The number of carbonyl (C=O) groups is 1. The molecule has 0 fully saturated rings. The van der Waals surface area contributed by atoms with Crippen LogP contribution in [0.5, 0.6) is 0 Å². The Morgan fingerprint density at radius 1 is 1.14 bits per heavy atom. The van der Waals surface area contributed by atoms with Crippen LogP contribution in [-0.2, 0) is 27.7 Å². The summed E-state index contributed by atoms with van der Waals surface area (Å²) in [5.74, 6) is 0.0348. The summed E-state index contributed by atoms with van der Waals surface area (Å²) in [5.41, 5.74) is 2.81. The first-order chi connectivity index (χ1) is 13.9. The van der Waals surface area contributed by atoms with E-state index in [0.29, 0.717) is 24.3 Å². The van der Waals surface area contributed by atoms with E-state index in [-0.39, 0.29) is 11.9 Å². The van der Waals surface area contributed by atoms with Gasteiger partial charge in [0, 0.05) is 19.0 Å². The SMILES string of the molecule is CCC[C@H](C)NC(=O)CCc1ccc(S(=O)(=O)N2CCCc3ccccc32)cc1. The van der Waals surface area contributed by atoms with Gasteiger partial charge in [0.1, 0.15) is 0 Å². The first-order valence-electron chi connectivity index (χ1n) is 10.4. The normalized spacial score (nSPS) is 14.9. The third kappa shape index (κ3) is 5.18. The van der Waals surface area contributed by atoms with E-state index in [9.17, 15) is 13.2 Å². The van der Waals surface area contributed by atoms with Crippen molar-refractivity contribution in [2.45, 2.75) is 63.3 Å². The number of rotatable bonds is 8. The molecule has 0 bridgehead atoms. The van der Waals surface area contributed by atoms with Gasteiger partial charge in [-0.1, -0.05) is 43.7 Å². The standard InChI is InChI=1S/C23H30N2O3S/c1-3-7-18(2)24-23(26)16-13-19-11-14-21(15-12-19)29(27,28)25-17-6-9-20-8-4-5-10-22(20)25/h4-5,8,10-12,14-15,18H,3,6-7,9,13,16-17H2,1-2H3,(H,24,26)/t18-/m0/s1. The smallest absolute Gasteiger partial charge is 0.264 e. The number of carbonyl (C=O) groups excluding carboxylic acids is 1. The molecule has 29 heavy (non-hydrogen) atoms. The van der Waals surface area contributed by atoms with Crippen LogP contribution in [0.2, 0.25) is 0 Å². The van der Waals surface area contributed by atoms with Crippen LogP contribution in [0.4, 0.5) is 5.69 Å². The van der Waals surface area contributed by atoms with E-state index in [1.165, 1.54) is 4.31 Å². The number of hydrogen-bond donors (Lipinski definition) is 1. The highest BCUT2D eigenvalue weighted by atomic mass is 32.2. The topological polar surface area (TPSA) is 66.5 Å². The van der Waals surface area contributed by atoms with Crippen molar-refractivity contribution in [2.24, 2.45) is 0 Å². The predicted molar refractivity (Wildman–Crippen MR) is 117 cm³/mol. The van der Waals surface area contributed by atoms with Crippen molar-refractivity contribution in [3.8, 4) is 0 Å². The molecule has 0 spiro atoms. The number of hydrogen-bond acceptors (Lipinski definition) is 3. The average Bonchev–Trinajstić information content (AvgIpc) is 2.72. The fraction of sp³-hybridized carbons (Fsp3) is 0.435. The second-order valence-corrected chi connectivity index (χ2v) is 9.57. The maximum absolute atomic E-state index is 13.2.